The highest BCUT2D eigenvalue weighted by molar-refractivity contribution is 6.30. The molecule has 2 aliphatic heterocycles. The molecule has 1 saturated heterocycles. The van der Waals surface area contributed by atoms with Crippen molar-refractivity contribution in [2.75, 3.05) is 19.7 Å². The number of carbonyl (C=O) groups excluding carboxylic acids is 1. The molecule has 1 aromatic rings. The fraction of sp³-hybridized carbons (Fsp3) is 0.542. The maximum Gasteiger partial charge on any atom is 0.409 e. The van der Waals surface area contributed by atoms with Gasteiger partial charge >= 0.3 is 6.09 Å². The Morgan fingerprint density at radius 2 is 2.00 bits per heavy atom. The highest BCUT2D eigenvalue weighted by Gasteiger charge is 2.34. The van der Waals surface area contributed by atoms with E-state index in [-0.39, 0.29) is 12.0 Å². The van der Waals surface area contributed by atoms with Crippen molar-refractivity contribution in [1.29, 1.82) is 0 Å². The number of hydrogen-bond acceptors (Lipinski definition) is 3. The van der Waals surface area contributed by atoms with Gasteiger partial charge in [-0.25, -0.2) is 4.79 Å². The summed E-state index contributed by atoms with van der Waals surface area (Å²) in [4.78, 5) is 13.9. The van der Waals surface area contributed by atoms with Crippen LogP contribution >= 0.6 is 11.6 Å². The van der Waals surface area contributed by atoms with Crippen LogP contribution in [0.3, 0.4) is 0 Å². The van der Waals surface area contributed by atoms with Crippen molar-refractivity contribution in [1.82, 2.24) is 4.90 Å². The van der Waals surface area contributed by atoms with Crippen LogP contribution in [0.1, 0.15) is 64.5 Å². The van der Waals surface area contributed by atoms with E-state index >= 15 is 0 Å². The normalized spacial score (nSPS) is 19.8. The van der Waals surface area contributed by atoms with Crippen molar-refractivity contribution in [3.05, 3.63) is 57.8 Å². The lowest BCUT2D eigenvalue weighted by molar-refractivity contribution is 0.0900. The molecule has 0 saturated carbocycles. The Morgan fingerprint density at radius 1 is 1.31 bits per heavy atom. The van der Waals surface area contributed by atoms with Gasteiger partial charge in [0.25, 0.3) is 0 Å². The number of nitrogens with zero attached hydrogens (tertiary/aromatic N) is 1. The predicted octanol–water partition coefficient (Wildman–Crippen LogP) is 6.70. The van der Waals surface area contributed by atoms with Gasteiger partial charge < -0.3 is 14.4 Å². The second kappa shape index (κ2) is 11.3. The first-order chi connectivity index (χ1) is 14.0. The maximum absolute atomic E-state index is 12.0. The lowest BCUT2D eigenvalue weighted by Crippen LogP contribution is -2.40. The second-order valence-corrected chi connectivity index (χ2v) is 7.58. The van der Waals surface area contributed by atoms with Gasteiger partial charge in [-0.05, 0) is 68.4 Å². The van der Waals surface area contributed by atoms with E-state index in [1.165, 1.54) is 11.1 Å². The van der Waals surface area contributed by atoms with Crippen LogP contribution in [0.5, 0.6) is 0 Å². The van der Waals surface area contributed by atoms with Gasteiger partial charge in [0.1, 0.15) is 6.61 Å². The smallest absolute Gasteiger partial charge is 0.409 e. The molecule has 1 fully saturated rings. The van der Waals surface area contributed by atoms with Gasteiger partial charge in [0.2, 0.25) is 0 Å². The van der Waals surface area contributed by atoms with Gasteiger partial charge in [0, 0.05) is 24.0 Å². The molecule has 160 valence electrons. The van der Waals surface area contributed by atoms with E-state index in [0.29, 0.717) is 19.1 Å². The summed E-state index contributed by atoms with van der Waals surface area (Å²) in [5.41, 5.74) is 3.67. The fourth-order valence-corrected chi connectivity index (χ4v) is 4.39. The van der Waals surface area contributed by atoms with Crippen LogP contribution in [0.4, 0.5) is 4.79 Å². The third-order valence-electron chi connectivity index (χ3n) is 5.51. The molecule has 2 heterocycles. The molecule has 3 rings (SSSR count). The molecule has 1 unspecified atom stereocenters. The van der Waals surface area contributed by atoms with Gasteiger partial charge in [0.15, 0.2) is 0 Å². The van der Waals surface area contributed by atoms with Crippen molar-refractivity contribution in [3.63, 3.8) is 0 Å². The minimum absolute atomic E-state index is 0.201. The predicted molar refractivity (Wildman–Crippen MR) is 119 cm³/mol. The minimum Gasteiger partial charge on any atom is -0.493 e. The van der Waals surface area contributed by atoms with Gasteiger partial charge in [0.05, 0.1) is 12.4 Å². The topological polar surface area (TPSA) is 38.8 Å². The summed E-state index contributed by atoms with van der Waals surface area (Å²) in [6, 6.07) is 6.13. The molecule has 1 aromatic carbocycles. The number of amides is 1. The van der Waals surface area contributed by atoms with E-state index in [2.05, 4.69) is 18.2 Å². The summed E-state index contributed by atoms with van der Waals surface area (Å²) in [5.74, 6) is 1.66. The number of fused-ring (bicyclic) bond motifs is 1. The molecule has 0 aromatic heterocycles. The van der Waals surface area contributed by atoms with Gasteiger partial charge in [-0.1, -0.05) is 43.7 Å². The molecular formula is C24H34ClNO3. The van der Waals surface area contributed by atoms with Crippen LogP contribution in [0.25, 0.3) is 0 Å². The molecule has 29 heavy (non-hydrogen) atoms. The molecule has 0 aliphatic carbocycles. The Kier molecular flexibility index (Phi) is 9.09. The first-order valence-electron chi connectivity index (χ1n) is 10.7. The lowest BCUT2D eigenvalue weighted by Gasteiger charge is -2.36. The number of rotatable bonds is 3. The minimum atomic E-state index is -0.201. The van der Waals surface area contributed by atoms with E-state index in [1.807, 2.05) is 51.7 Å². The number of piperidine rings is 1. The fourth-order valence-electron chi connectivity index (χ4n) is 4.20. The quantitative estimate of drug-likeness (QED) is 0.547. The zero-order chi connectivity index (χ0) is 21.4. The number of carbonyl (C=O) groups is 1. The first kappa shape index (κ1) is 23.3. The Balaban J connectivity index is 0.00000145. The summed E-state index contributed by atoms with van der Waals surface area (Å²) in [6.07, 6.45) is 5.93. The number of likely N-dealkylation sites (tertiary alicyclic amines) is 1. The molecule has 0 spiro atoms. The molecule has 1 atom stereocenters. The molecule has 0 radical (unpaired) electrons. The summed E-state index contributed by atoms with van der Waals surface area (Å²) in [6.45, 7) is 12.3. The van der Waals surface area contributed by atoms with Gasteiger partial charge in [-0.3, -0.25) is 0 Å². The molecule has 5 heteroatoms. The van der Waals surface area contributed by atoms with E-state index in [0.717, 1.165) is 42.3 Å². The number of ether oxygens (including phenoxy) is 2. The summed E-state index contributed by atoms with van der Waals surface area (Å²) < 4.78 is 11.2. The number of hydrogen-bond donors (Lipinski definition) is 0. The zero-order valence-corrected chi connectivity index (χ0v) is 19.1. The van der Waals surface area contributed by atoms with Crippen LogP contribution in [0.2, 0.25) is 5.02 Å². The largest absolute Gasteiger partial charge is 0.493 e. The number of halogens is 1. The second-order valence-electron chi connectivity index (χ2n) is 7.14. The average molecular weight is 420 g/mol. The Morgan fingerprint density at radius 3 is 2.62 bits per heavy atom. The molecule has 4 nitrogen and oxygen atoms in total. The highest BCUT2D eigenvalue weighted by atomic mass is 35.5. The number of allylic oxidation sites excluding steroid dienone is 4. The monoisotopic (exact) mass is 419 g/mol. The van der Waals surface area contributed by atoms with Crippen LogP contribution in [-0.4, -0.2) is 30.7 Å². The summed E-state index contributed by atoms with van der Waals surface area (Å²) >= 11 is 6.24. The lowest BCUT2D eigenvalue weighted by atomic mass is 9.74. The third kappa shape index (κ3) is 5.57. The first-order valence-corrected chi connectivity index (χ1v) is 11.1. The van der Waals surface area contributed by atoms with Crippen LogP contribution in [0, 0.1) is 5.92 Å². The van der Waals surface area contributed by atoms with Crippen LogP contribution < -0.4 is 0 Å². The van der Waals surface area contributed by atoms with E-state index < -0.39 is 0 Å². The standard InChI is InChI=1S/C22H28ClNO3.C2H6/c1-4-6-19-15(3)27-14-17-13-18(23)7-8-20(17)21(19)16-9-11-24(12-10-16)22(25)26-5-2;1-2/h4,6-8,13,16,21H,5,9-12,14H2,1-3H3;1-2H3/b6-4-;. The molecule has 1 amide bonds. The summed E-state index contributed by atoms with van der Waals surface area (Å²) in [7, 11) is 0. The van der Waals surface area contributed by atoms with Crippen molar-refractivity contribution < 1.29 is 14.3 Å². The Labute approximate surface area is 180 Å². The van der Waals surface area contributed by atoms with Crippen molar-refractivity contribution in [3.8, 4) is 0 Å². The highest BCUT2D eigenvalue weighted by Crippen LogP contribution is 2.44. The van der Waals surface area contributed by atoms with Gasteiger partial charge in [-0.15, -0.1) is 0 Å². The molecule has 0 bridgehead atoms. The van der Waals surface area contributed by atoms with Gasteiger partial charge in [-0.2, -0.15) is 0 Å². The third-order valence-corrected chi connectivity index (χ3v) is 5.74. The van der Waals surface area contributed by atoms with Crippen LogP contribution in [-0.2, 0) is 16.1 Å². The summed E-state index contributed by atoms with van der Waals surface area (Å²) in [5, 5.41) is 0.736. The zero-order valence-electron chi connectivity index (χ0n) is 18.3. The Hall–Kier alpha value is -1.94. The van der Waals surface area contributed by atoms with E-state index in [4.69, 9.17) is 21.1 Å². The van der Waals surface area contributed by atoms with E-state index in [9.17, 15) is 4.79 Å². The number of benzene rings is 1. The molecule has 0 N–H and O–H groups in total. The van der Waals surface area contributed by atoms with E-state index in [1.54, 1.807) is 0 Å². The Bertz CT molecular complexity index is 748. The SMILES string of the molecule is C/C=C\C1=C(C)OCc2cc(Cl)ccc2C1C1CCN(C(=O)OCC)CC1.CC. The maximum atomic E-state index is 12.0. The molecule has 2 aliphatic rings. The molecular weight excluding hydrogens is 386 g/mol. The van der Waals surface area contributed by atoms with Crippen LogP contribution in [0.15, 0.2) is 41.7 Å². The van der Waals surface area contributed by atoms with Crippen molar-refractivity contribution >= 4 is 17.7 Å². The van der Waals surface area contributed by atoms with Crippen molar-refractivity contribution in [2.45, 2.75) is 60.0 Å². The van der Waals surface area contributed by atoms with Crippen molar-refractivity contribution in [2.24, 2.45) is 5.92 Å². The average Bonchev–Trinajstić information content (AvgIpc) is 2.87.